The first-order valence-electron chi connectivity index (χ1n) is 12.7. The van der Waals surface area contributed by atoms with E-state index in [0.29, 0.717) is 12.6 Å². The second-order valence-corrected chi connectivity index (χ2v) is 12.5. The summed E-state index contributed by atoms with van der Waals surface area (Å²) in [6.07, 6.45) is 5.68. The van der Waals surface area contributed by atoms with Crippen LogP contribution in [0.3, 0.4) is 0 Å². The standard InChI is InChI=1S/C29H37I2N3O/c1-21-19-24(8-11-28(21)31)27(29(35)32(3)20-23-6-9-25(30)10-7-23)14-18-33-16-12-26(13-17-33)34-15-4-5-22(34)2/h6-11,19,26-27H,2,4-5,12-18,20H2,1,3H3. The number of hydrogen-bond acceptors (Lipinski definition) is 3. The molecule has 2 aromatic rings. The van der Waals surface area contributed by atoms with Crippen molar-refractivity contribution in [1.29, 1.82) is 0 Å². The molecule has 2 fully saturated rings. The van der Waals surface area contributed by atoms with Crippen LogP contribution in [0.5, 0.6) is 0 Å². The molecule has 35 heavy (non-hydrogen) atoms. The molecular formula is C29H37I2N3O. The van der Waals surface area contributed by atoms with Crippen molar-refractivity contribution in [3.8, 4) is 0 Å². The van der Waals surface area contributed by atoms with Gasteiger partial charge in [-0.25, -0.2) is 0 Å². The Balaban J connectivity index is 1.41. The minimum atomic E-state index is -0.115. The lowest BCUT2D eigenvalue weighted by atomic mass is 9.92. The molecule has 0 spiro atoms. The number of amides is 1. The predicted octanol–water partition coefficient (Wildman–Crippen LogP) is 6.41. The van der Waals surface area contributed by atoms with E-state index in [0.717, 1.165) is 38.0 Å². The number of carbonyl (C=O) groups is 1. The van der Waals surface area contributed by atoms with Crippen molar-refractivity contribution in [3.63, 3.8) is 0 Å². The molecule has 1 atom stereocenters. The number of piperidine rings is 1. The van der Waals surface area contributed by atoms with E-state index in [4.69, 9.17) is 0 Å². The Morgan fingerprint density at radius 1 is 1.11 bits per heavy atom. The van der Waals surface area contributed by atoms with Crippen molar-refractivity contribution in [2.45, 2.75) is 57.5 Å². The zero-order chi connectivity index (χ0) is 24.9. The van der Waals surface area contributed by atoms with Crippen LogP contribution >= 0.6 is 45.2 Å². The van der Waals surface area contributed by atoms with Crippen molar-refractivity contribution < 1.29 is 4.79 Å². The van der Waals surface area contributed by atoms with E-state index in [2.05, 4.69) is 111 Å². The number of allylic oxidation sites excluding steroid dienone is 1. The lowest BCUT2D eigenvalue weighted by Gasteiger charge is -2.38. The van der Waals surface area contributed by atoms with Crippen LogP contribution < -0.4 is 0 Å². The van der Waals surface area contributed by atoms with Crippen molar-refractivity contribution >= 4 is 51.1 Å². The molecule has 0 saturated carbocycles. The van der Waals surface area contributed by atoms with Gasteiger partial charge in [-0.05, 0) is 126 Å². The molecule has 1 amide bonds. The van der Waals surface area contributed by atoms with Crippen molar-refractivity contribution in [2.75, 3.05) is 33.2 Å². The molecule has 0 aromatic heterocycles. The SMILES string of the molecule is C=C1CCCN1C1CCN(CCC(C(=O)N(C)Cc2ccc(I)cc2)c2ccc(I)c(C)c2)CC1. The molecule has 0 N–H and O–H groups in total. The molecule has 0 aliphatic carbocycles. The number of nitrogens with zero attached hydrogens (tertiary/aromatic N) is 3. The summed E-state index contributed by atoms with van der Waals surface area (Å²) in [4.78, 5) is 20.8. The number of aryl methyl sites for hydroxylation is 1. The average Bonchev–Trinajstić information content (AvgIpc) is 3.28. The van der Waals surface area contributed by atoms with Crippen LogP contribution in [0.1, 0.15) is 54.7 Å². The highest BCUT2D eigenvalue weighted by molar-refractivity contribution is 14.1. The normalized spacial score (nSPS) is 18.2. The van der Waals surface area contributed by atoms with E-state index in [9.17, 15) is 4.79 Å². The van der Waals surface area contributed by atoms with Crippen molar-refractivity contribution in [2.24, 2.45) is 0 Å². The van der Waals surface area contributed by atoms with Crippen LogP contribution in [-0.2, 0) is 11.3 Å². The summed E-state index contributed by atoms with van der Waals surface area (Å²) >= 11 is 4.69. The van der Waals surface area contributed by atoms with Crippen molar-refractivity contribution in [3.05, 3.63) is 78.6 Å². The van der Waals surface area contributed by atoms with E-state index < -0.39 is 0 Å². The molecule has 2 heterocycles. The van der Waals surface area contributed by atoms with Gasteiger partial charge in [0.05, 0.1) is 5.92 Å². The molecular weight excluding hydrogens is 660 g/mol. The zero-order valence-electron chi connectivity index (χ0n) is 21.0. The number of benzene rings is 2. The average molecular weight is 697 g/mol. The number of likely N-dealkylation sites (tertiary alicyclic amines) is 2. The molecule has 0 radical (unpaired) electrons. The topological polar surface area (TPSA) is 26.8 Å². The number of carbonyl (C=O) groups excluding carboxylic acids is 1. The van der Waals surface area contributed by atoms with E-state index in [1.807, 2.05) is 11.9 Å². The molecule has 1 unspecified atom stereocenters. The Kier molecular flexibility index (Phi) is 9.54. The van der Waals surface area contributed by atoms with Crippen LogP contribution in [0.15, 0.2) is 54.7 Å². The Morgan fingerprint density at radius 2 is 1.83 bits per heavy atom. The summed E-state index contributed by atoms with van der Waals surface area (Å²) in [5.74, 6) is 0.100. The summed E-state index contributed by atoms with van der Waals surface area (Å²) in [7, 11) is 1.95. The third kappa shape index (κ3) is 7.01. The highest BCUT2D eigenvalue weighted by Crippen LogP contribution is 2.29. The van der Waals surface area contributed by atoms with Gasteiger partial charge in [-0.2, -0.15) is 0 Å². The summed E-state index contributed by atoms with van der Waals surface area (Å²) in [5.41, 5.74) is 4.89. The van der Waals surface area contributed by atoms with Gasteiger partial charge in [-0.1, -0.05) is 30.8 Å². The molecule has 4 rings (SSSR count). The van der Waals surface area contributed by atoms with Crippen LogP contribution in [0, 0.1) is 14.1 Å². The van der Waals surface area contributed by atoms with Gasteiger partial charge in [0, 0.05) is 52.1 Å². The maximum Gasteiger partial charge on any atom is 0.230 e. The fourth-order valence-electron chi connectivity index (χ4n) is 5.49. The summed E-state index contributed by atoms with van der Waals surface area (Å²) in [6, 6.07) is 15.6. The van der Waals surface area contributed by atoms with Crippen LogP contribution in [-0.4, -0.2) is 59.9 Å². The summed E-state index contributed by atoms with van der Waals surface area (Å²) < 4.78 is 2.46. The van der Waals surface area contributed by atoms with E-state index >= 15 is 0 Å². The Morgan fingerprint density at radius 3 is 2.46 bits per heavy atom. The van der Waals surface area contributed by atoms with E-state index in [-0.39, 0.29) is 11.8 Å². The lowest BCUT2D eigenvalue weighted by molar-refractivity contribution is -0.132. The van der Waals surface area contributed by atoms with E-state index in [1.54, 1.807) is 0 Å². The third-order valence-corrected chi connectivity index (χ3v) is 9.52. The van der Waals surface area contributed by atoms with Crippen LogP contribution in [0.2, 0.25) is 0 Å². The smallest absolute Gasteiger partial charge is 0.230 e. The van der Waals surface area contributed by atoms with Crippen molar-refractivity contribution in [1.82, 2.24) is 14.7 Å². The number of hydrogen-bond donors (Lipinski definition) is 0. The first-order chi connectivity index (χ1) is 16.8. The van der Waals surface area contributed by atoms with Gasteiger partial charge in [-0.15, -0.1) is 0 Å². The van der Waals surface area contributed by atoms with Gasteiger partial charge in [0.1, 0.15) is 0 Å². The van der Waals surface area contributed by atoms with E-state index in [1.165, 1.54) is 49.8 Å². The predicted molar refractivity (Wildman–Crippen MR) is 161 cm³/mol. The summed E-state index contributed by atoms with van der Waals surface area (Å²) in [5, 5.41) is 0. The second-order valence-electron chi connectivity index (χ2n) is 10.1. The molecule has 2 aliphatic rings. The first-order valence-corrected chi connectivity index (χ1v) is 14.9. The zero-order valence-corrected chi connectivity index (χ0v) is 25.3. The van der Waals surface area contributed by atoms with Gasteiger partial charge < -0.3 is 14.7 Å². The molecule has 4 nitrogen and oxygen atoms in total. The minimum Gasteiger partial charge on any atom is -0.372 e. The van der Waals surface area contributed by atoms with Gasteiger partial charge >= 0.3 is 0 Å². The highest BCUT2D eigenvalue weighted by Gasteiger charge is 2.29. The molecule has 0 bridgehead atoms. The minimum absolute atomic E-state index is 0.115. The van der Waals surface area contributed by atoms with Gasteiger partial charge in [0.2, 0.25) is 5.91 Å². The number of likely N-dealkylation sites (N-methyl/N-ethyl adjacent to an activating group) is 1. The molecule has 188 valence electrons. The molecule has 2 saturated heterocycles. The molecule has 6 heteroatoms. The third-order valence-electron chi connectivity index (χ3n) is 7.59. The second kappa shape index (κ2) is 12.4. The number of rotatable bonds is 8. The highest BCUT2D eigenvalue weighted by atomic mass is 127. The van der Waals surface area contributed by atoms with Gasteiger partial charge in [0.15, 0.2) is 0 Å². The van der Waals surface area contributed by atoms with Gasteiger partial charge in [-0.3, -0.25) is 4.79 Å². The maximum atomic E-state index is 13.7. The van der Waals surface area contributed by atoms with Crippen LogP contribution in [0.4, 0.5) is 0 Å². The van der Waals surface area contributed by atoms with Crippen LogP contribution in [0.25, 0.3) is 0 Å². The Labute approximate surface area is 238 Å². The van der Waals surface area contributed by atoms with Gasteiger partial charge in [0.25, 0.3) is 0 Å². The first kappa shape index (κ1) is 26.9. The Hall–Kier alpha value is -1.13. The fourth-order valence-corrected chi connectivity index (χ4v) is 6.18. The molecule has 2 aromatic carbocycles. The summed E-state index contributed by atoms with van der Waals surface area (Å²) in [6.45, 7) is 11.4. The lowest BCUT2D eigenvalue weighted by Crippen LogP contribution is -2.44. The monoisotopic (exact) mass is 697 g/mol. The number of halogens is 2. The fraction of sp³-hybridized carbons (Fsp3) is 0.483. The largest absolute Gasteiger partial charge is 0.372 e. The molecule has 2 aliphatic heterocycles. The quantitative estimate of drug-likeness (QED) is 0.299. The maximum absolute atomic E-state index is 13.7. The Bertz CT molecular complexity index is 1030.